The Balaban J connectivity index is 2.37. The lowest BCUT2D eigenvalue weighted by Crippen LogP contribution is -2.30. The maximum absolute atomic E-state index is 10.9. The zero-order chi connectivity index (χ0) is 15.4. The minimum atomic E-state index is -0.352. The van der Waals surface area contributed by atoms with Crippen LogP contribution in [0.3, 0.4) is 0 Å². The van der Waals surface area contributed by atoms with Gasteiger partial charge in [-0.15, -0.1) is 11.3 Å². The highest BCUT2D eigenvalue weighted by Gasteiger charge is 2.18. The number of nitro benzene ring substituents is 1. The fraction of sp³-hybridized carbons (Fsp3) is 0.333. The highest BCUT2D eigenvalue weighted by atomic mass is 79.9. The SMILES string of the molecule is CC(C)N(Cc1cccs1)c1ccc([N+](=O)[O-])cc1CBr. The summed E-state index contributed by atoms with van der Waals surface area (Å²) in [5.74, 6) is 0. The van der Waals surface area contributed by atoms with Crippen molar-refractivity contribution in [3.63, 3.8) is 0 Å². The van der Waals surface area contributed by atoms with Crippen LogP contribution in [-0.4, -0.2) is 11.0 Å². The van der Waals surface area contributed by atoms with Crippen molar-refractivity contribution < 1.29 is 4.92 Å². The van der Waals surface area contributed by atoms with E-state index < -0.39 is 0 Å². The van der Waals surface area contributed by atoms with Crippen LogP contribution in [0.15, 0.2) is 35.7 Å². The van der Waals surface area contributed by atoms with Gasteiger partial charge in [-0.1, -0.05) is 22.0 Å². The van der Waals surface area contributed by atoms with Gasteiger partial charge in [0.05, 0.1) is 11.5 Å². The summed E-state index contributed by atoms with van der Waals surface area (Å²) >= 11 is 5.16. The van der Waals surface area contributed by atoms with E-state index in [1.165, 1.54) is 4.88 Å². The lowest BCUT2D eigenvalue weighted by Gasteiger charge is -2.30. The predicted octanol–water partition coefficient (Wildman–Crippen LogP) is 4.97. The highest BCUT2D eigenvalue weighted by Crippen LogP contribution is 2.30. The third-order valence-corrected chi connectivity index (χ3v) is 4.72. The van der Waals surface area contributed by atoms with Crippen LogP contribution in [0.2, 0.25) is 0 Å². The topological polar surface area (TPSA) is 46.4 Å². The number of anilines is 1. The first-order valence-electron chi connectivity index (χ1n) is 6.65. The third kappa shape index (κ3) is 3.83. The Labute approximate surface area is 136 Å². The van der Waals surface area contributed by atoms with E-state index in [1.54, 1.807) is 23.5 Å². The average molecular weight is 369 g/mol. The standard InChI is InChI=1S/C15H17BrN2O2S/c1-11(2)17(10-14-4-3-7-21-14)15-6-5-13(18(19)20)8-12(15)9-16/h3-8,11H,9-10H2,1-2H3. The van der Waals surface area contributed by atoms with Crippen molar-refractivity contribution >= 4 is 38.6 Å². The van der Waals surface area contributed by atoms with Gasteiger partial charge in [-0.05, 0) is 36.9 Å². The molecular weight excluding hydrogens is 352 g/mol. The number of thiophene rings is 1. The molecule has 0 spiro atoms. The molecule has 0 aliphatic carbocycles. The fourth-order valence-electron chi connectivity index (χ4n) is 2.19. The van der Waals surface area contributed by atoms with Gasteiger partial charge < -0.3 is 4.90 Å². The molecular formula is C15H17BrN2O2S. The molecule has 0 amide bonds. The van der Waals surface area contributed by atoms with Crippen LogP contribution in [0.5, 0.6) is 0 Å². The molecule has 0 saturated carbocycles. The summed E-state index contributed by atoms with van der Waals surface area (Å²) < 4.78 is 0. The molecule has 21 heavy (non-hydrogen) atoms. The van der Waals surface area contributed by atoms with E-state index in [-0.39, 0.29) is 10.6 Å². The average Bonchev–Trinajstić information content (AvgIpc) is 2.96. The van der Waals surface area contributed by atoms with E-state index in [0.717, 1.165) is 17.8 Å². The van der Waals surface area contributed by atoms with E-state index >= 15 is 0 Å². The van der Waals surface area contributed by atoms with Gasteiger partial charge in [-0.25, -0.2) is 0 Å². The van der Waals surface area contributed by atoms with Crippen molar-refractivity contribution in [1.29, 1.82) is 0 Å². The number of non-ortho nitro benzene ring substituents is 1. The van der Waals surface area contributed by atoms with E-state index in [0.29, 0.717) is 11.4 Å². The molecule has 0 saturated heterocycles. The maximum atomic E-state index is 10.9. The fourth-order valence-corrected chi connectivity index (χ4v) is 3.34. The summed E-state index contributed by atoms with van der Waals surface area (Å²) in [5, 5.41) is 13.6. The molecule has 0 fully saturated rings. The quantitative estimate of drug-likeness (QED) is 0.410. The highest BCUT2D eigenvalue weighted by molar-refractivity contribution is 9.08. The molecule has 1 aromatic carbocycles. The lowest BCUT2D eigenvalue weighted by atomic mass is 10.1. The second-order valence-corrected chi connectivity index (χ2v) is 6.60. The van der Waals surface area contributed by atoms with E-state index in [4.69, 9.17) is 0 Å². The van der Waals surface area contributed by atoms with Crippen molar-refractivity contribution in [3.8, 4) is 0 Å². The summed E-state index contributed by atoms with van der Waals surface area (Å²) in [7, 11) is 0. The largest absolute Gasteiger partial charge is 0.364 e. The van der Waals surface area contributed by atoms with E-state index in [9.17, 15) is 10.1 Å². The minimum Gasteiger partial charge on any atom is -0.364 e. The summed E-state index contributed by atoms with van der Waals surface area (Å²) in [4.78, 5) is 14.1. The van der Waals surface area contributed by atoms with Gasteiger partial charge in [-0.2, -0.15) is 0 Å². The number of benzene rings is 1. The third-order valence-electron chi connectivity index (χ3n) is 3.26. The van der Waals surface area contributed by atoms with Crippen LogP contribution in [0, 0.1) is 10.1 Å². The van der Waals surface area contributed by atoms with E-state index in [2.05, 4.69) is 46.1 Å². The van der Waals surface area contributed by atoms with Crippen molar-refractivity contribution in [1.82, 2.24) is 0 Å². The normalized spacial score (nSPS) is 10.9. The zero-order valence-electron chi connectivity index (χ0n) is 12.0. The van der Waals surface area contributed by atoms with Crippen molar-refractivity contribution in [2.45, 2.75) is 31.8 Å². The van der Waals surface area contributed by atoms with Crippen LogP contribution >= 0.6 is 27.3 Å². The molecule has 0 atom stereocenters. The smallest absolute Gasteiger partial charge is 0.269 e. The first-order chi connectivity index (χ1) is 10.0. The Bertz CT molecular complexity index is 614. The Hall–Kier alpha value is -1.40. The minimum absolute atomic E-state index is 0.132. The molecule has 0 unspecified atom stereocenters. The van der Waals surface area contributed by atoms with Crippen molar-refractivity contribution in [2.24, 2.45) is 0 Å². The summed E-state index contributed by atoms with van der Waals surface area (Å²) in [5.41, 5.74) is 2.11. The predicted molar refractivity (Wildman–Crippen MR) is 91.4 cm³/mol. The summed E-state index contributed by atoms with van der Waals surface area (Å²) in [6, 6.07) is 9.53. The number of hydrogen-bond donors (Lipinski definition) is 0. The molecule has 0 aliphatic rings. The molecule has 0 bridgehead atoms. The maximum Gasteiger partial charge on any atom is 0.269 e. The Morgan fingerprint density at radius 1 is 1.38 bits per heavy atom. The molecule has 1 aromatic heterocycles. The second-order valence-electron chi connectivity index (χ2n) is 5.00. The van der Waals surface area contributed by atoms with Gasteiger partial charge in [0.2, 0.25) is 0 Å². The number of alkyl halides is 1. The molecule has 0 aliphatic heterocycles. The number of halogens is 1. The number of hydrogen-bond acceptors (Lipinski definition) is 4. The molecule has 1 heterocycles. The first-order valence-corrected chi connectivity index (χ1v) is 8.65. The van der Waals surface area contributed by atoms with Crippen molar-refractivity contribution in [3.05, 3.63) is 56.3 Å². The molecule has 6 heteroatoms. The van der Waals surface area contributed by atoms with Crippen LogP contribution in [0.4, 0.5) is 11.4 Å². The first kappa shape index (κ1) is 16.0. The van der Waals surface area contributed by atoms with Gasteiger partial charge in [0, 0.05) is 34.1 Å². The van der Waals surface area contributed by atoms with E-state index in [1.807, 2.05) is 12.1 Å². The van der Waals surface area contributed by atoms with Gasteiger partial charge in [0.15, 0.2) is 0 Å². The Morgan fingerprint density at radius 2 is 2.14 bits per heavy atom. The van der Waals surface area contributed by atoms with Gasteiger partial charge >= 0.3 is 0 Å². The van der Waals surface area contributed by atoms with Crippen molar-refractivity contribution in [2.75, 3.05) is 4.90 Å². The molecule has 0 N–H and O–H groups in total. The summed E-state index contributed by atoms with van der Waals surface area (Å²) in [6.45, 7) is 5.08. The van der Waals surface area contributed by atoms with Gasteiger partial charge in [0.1, 0.15) is 0 Å². The number of rotatable bonds is 6. The molecule has 2 aromatic rings. The van der Waals surface area contributed by atoms with Crippen LogP contribution in [0.25, 0.3) is 0 Å². The molecule has 4 nitrogen and oxygen atoms in total. The van der Waals surface area contributed by atoms with Crippen LogP contribution in [-0.2, 0) is 11.9 Å². The van der Waals surface area contributed by atoms with Gasteiger partial charge in [-0.3, -0.25) is 10.1 Å². The summed E-state index contributed by atoms with van der Waals surface area (Å²) in [6.07, 6.45) is 0. The monoisotopic (exact) mass is 368 g/mol. The number of nitro groups is 1. The number of nitrogens with zero attached hydrogens (tertiary/aromatic N) is 2. The Kier molecular flexibility index (Phi) is 5.36. The van der Waals surface area contributed by atoms with Crippen LogP contribution < -0.4 is 4.90 Å². The van der Waals surface area contributed by atoms with Crippen LogP contribution in [0.1, 0.15) is 24.3 Å². The zero-order valence-corrected chi connectivity index (χ0v) is 14.4. The molecule has 0 radical (unpaired) electrons. The molecule has 2 rings (SSSR count). The lowest BCUT2D eigenvalue weighted by molar-refractivity contribution is -0.384. The van der Waals surface area contributed by atoms with Gasteiger partial charge in [0.25, 0.3) is 5.69 Å². The second kappa shape index (κ2) is 7.04. The molecule has 112 valence electrons. The Morgan fingerprint density at radius 3 is 2.67 bits per heavy atom.